The van der Waals surface area contributed by atoms with E-state index >= 15 is 0 Å². The van der Waals surface area contributed by atoms with Gasteiger partial charge in [-0.25, -0.2) is 0 Å². The summed E-state index contributed by atoms with van der Waals surface area (Å²) >= 11 is 0. The molecular formula is C10H19NO2. The molecule has 0 aliphatic carbocycles. The van der Waals surface area contributed by atoms with Crippen LogP contribution in [0.5, 0.6) is 0 Å². The van der Waals surface area contributed by atoms with Gasteiger partial charge in [-0.1, -0.05) is 6.42 Å². The molecule has 0 aromatic heterocycles. The van der Waals surface area contributed by atoms with Crippen molar-refractivity contribution in [2.75, 3.05) is 13.7 Å². The first-order valence-corrected chi connectivity index (χ1v) is 4.91. The van der Waals surface area contributed by atoms with Crippen LogP contribution in [-0.2, 0) is 9.53 Å². The molecule has 3 heteroatoms. The molecule has 76 valence electrons. The van der Waals surface area contributed by atoms with Crippen LogP contribution < -0.4 is 5.32 Å². The summed E-state index contributed by atoms with van der Waals surface area (Å²) in [5.41, 5.74) is -0.394. The molecule has 1 atom stereocenters. The summed E-state index contributed by atoms with van der Waals surface area (Å²) < 4.78 is 4.79. The maximum Gasteiger partial charge on any atom is 0.312 e. The lowest BCUT2D eigenvalue weighted by atomic mass is 9.80. The Hall–Kier alpha value is -0.570. The third-order valence-corrected chi connectivity index (χ3v) is 2.89. The Balaban J connectivity index is 2.60. The van der Waals surface area contributed by atoms with Crippen LogP contribution in [0.2, 0.25) is 0 Å². The fraction of sp³-hybridized carbons (Fsp3) is 0.900. The second-order valence-corrected chi connectivity index (χ2v) is 4.22. The van der Waals surface area contributed by atoms with Gasteiger partial charge in [0.15, 0.2) is 0 Å². The molecule has 3 nitrogen and oxygen atoms in total. The predicted molar refractivity (Wildman–Crippen MR) is 51.4 cm³/mol. The Morgan fingerprint density at radius 2 is 2.15 bits per heavy atom. The van der Waals surface area contributed by atoms with Crippen molar-refractivity contribution >= 4 is 5.97 Å². The van der Waals surface area contributed by atoms with Gasteiger partial charge in [0.1, 0.15) is 0 Å². The smallest absolute Gasteiger partial charge is 0.312 e. The predicted octanol–water partition coefficient (Wildman–Crippen LogP) is 1.33. The molecule has 1 rings (SSSR count). The molecule has 13 heavy (non-hydrogen) atoms. The fourth-order valence-electron chi connectivity index (χ4n) is 1.87. The summed E-state index contributed by atoms with van der Waals surface area (Å²) in [6, 6.07) is 0.272. The second kappa shape index (κ2) is 4.09. The van der Waals surface area contributed by atoms with Crippen LogP contribution in [0, 0.1) is 5.41 Å². The van der Waals surface area contributed by atoms with Gasteiger partial charge in [-0.2, -0.15) is 0 Å². The number of hydrogen-bond donors (Lipinski definition) is 1. The van der Waals surface area contributed by atoms with Gasteiger partial charge in [-0.05, 0) is 33.2 Å². The minimum absolute atomic E-state index is 0.119. The SMILES string of the molecule is COC(=O)C(C)(C)C1CCCCN1. The number of nitrogens with one attached hydrogen (secondary N) is 1. The van der Waals surface area contributed by atoms with E-state index in [9.17, 15) is 4.79 Å². The monoisotopic (exact) mass is 185 g/mol. The van der Waals surface area contributed by atoms with Crippen LogP contribution in [0.1, 0.15) is 33.1 Å². The normalized spacial score (nSPS) is 24.1. The van der Waals surface area contributed by atoms with Gasteiger partial charge in [0.25, 0.3) is 0 Å². The van der Waals surface area contributed by atoms with Gasteiger partial charge in [0, 0.05) is 6.04 Å². The second-order valence-electron chi connectivity index (χ2n) is 4.22. The lowest BCUT2D eigenvalue weighted by Gasteiger charge is -2.35. The summed E-state index contributed by atoms with van der Waals surface area (Å²) in [7, 11) is 1.45. The molecule has 0 bridgehead atoms. The standard InChI is InChI=1S/C10H19NO2/c1-10(2,9(12)13-3)8-6-4-5-7-11-8/h8,11H,4-7H2,1-3H3. The van der Waals surface area contributed by atoms with E-state index in [4.69, 9.17) is 4.74 Å². The van der Waals surface area contributed by atoms with Crippen molar-refractivity contribution in [2.24, 2.45) is 5.41 Å². The van der Waals surface area contributed by atoms with E-state index in [1.54, 1.807) is 0 Å². The third kappa shape index (κ3) is 2.21. The van der Waals surface area contributed by atoms with Gasteiger partial charge in [0.2, 0.25) is 0 Å². The van der Waals surface area contributed by atoms with Crippen LogP contribution in [0.15, 0.2) is 0 Å². The van der Waals surface area contributed by atoms with E-state index in [0.717, 1.165) is 13.0 Å². The van der Waals surface area contributed by atoms with E-state index in [1.807, 2.05) is 13.8 Å². The number of rotatable bonds is 2. The molecular weight excluding hydrogens is 166 g/mol. The first kappa shape index (κ1) is 10.5. The number of methoxy groups -OCH3 is 1. The molecule has 0 amide bonds. The maximum absolute atomic E-state index is 11.5. The molecule has 0 aromatic rings. The van der Waals surface area contributed by atoms with Crippen LogP contribution >= 0.6 is 0 Å². The molecule has 0 saturated carbocycles. The Kier molecular flexibility index (Phi) is 3.31. The Morgan fingerprint density at radius 1 is 1.46 bits per heavy atom. The van der Waals surface area contributed by atoms with Crippen molar-refractivity contribution < 1.29 is 9.53 Å². The zero-order valence-corrected chi connectivity index (χ0v) is 8.72. The quantitative estimate of drug-likeness (QED) is 0.659. The van der Waals surface area contributed by atoms with Crippen molar-refractivity contribution in [3.63, 3.8) is 0 Å². The number of piperidine rings is 1. The van der Waals surface area contributed by atoms with Gasteiger partial charge >= 0.3 is 5.97 Å². The first-order valence-electron chi connectivity index (χ1n) is 4.91. The van der Waals surface area contributed by atoms with Gasteiger partial charge in [-0.15, -0.1) is 0 Å². The Bertz CT molecular complexity index is 183. The Morgan fingerprint density at radius 3 is 2.62 bits per heavy atom. The number of carbonyl (C=O) groups excluding carboxylic acids is 1. The minimum atomic E-state index is -0.394. The molecule has 1 fully saturated rings. The van der Waals surface area contributed by atoms with Gasteiger partial charge < -0.3 is 10.1 Å². The van der Waals surface area contributed by atoms with Crippen molar-refractivity contribution in [1.82, 2.24) is 5.32 Å². The van der Waals surface area contributed by atoms with Gasteiger partial charge in [-0.3, -0.25) is 4.79 Å². The highest BCUT2D eigenvalue weighted by atomic mass is 16.5. The van der Waals surface area contributed by atoms with Crippen LogP contribution in [-0.4, -0.2) is 25.7 Å². The molecule has 0 spiro atoms. The molecule has 1 N–H and O–H groups in total. The molecule has 0 radical (unpaired) electrons. The summed E-state index contributed by atoms with van der Waals surface area (Å²) in [6.07, 6.45) is 3.49. The number of ether oxygens (including phenoxy) is 1. The highest BCUT2D eigenvalue weighted by Gasteiger charge is 2.38. The highest BCUT2D eigenvalue weighted by Crippen LogP contribution is 2.27. The first-order chi connectivity index (χ1) is 6.09. The molecule has 1 unspecified atom stereocenters. The Labute approximate surface area is 79.8 Å². The zero-order valence-electron chi connectivity index (χ0n) is 8.72. The van der Waals surface area contributed by atoms with Crippen molar-refractivity contribution in [3.05, 3.63) is 0 Å². The van der Waals surface area contributed by atoms with Crippen LogP contribution in [0.3, 0.4) is 0 Å². The van der Waals surface area contributed by atoms with E-state index in [0.29, 0.717) is 0 Å². The zero-order chi connectivity index (χ0) is 9.90. The van der Waals surface area contributed by atoms with Gasteiger partial charge in [0.05, 0.1) is 12.5 Å². The lowest BCUT2D eigenvalue weighted by molar-refractivity contribution is -0.152. The fourth-order valence-corrected chi connectivity index (χ4v) is 1.87. The average molecular weight is 185 g/mol. The molecule has 1 heterocycles. The van der Waals surface area contributed by atoms with E-state index < -0.39 is 5.41 Å². The average Bonchev–Trinajstić information content (AvgIpc) is 2.18. The largest absolute Gasteiger partial charge is 0.469 e. The number of esters is 1. The van der Waals surface area contributed by atoms with Crippen LogP contribution in [0.4, 0.5) is 0 Å². The number of carbonyl (C=O) groups is 1. The molecule has 1 aliphatic heterocycles. The van der Waals surface area contributed by atoms with Crippen molar-refractivity contribution in [3.8, 4) is 0 Å². The summed E-state index contributed by atoms with van der Waals surface area (Å²) in [5.74, 6) is -0.119. The lowest BCUT2D eigenvalue weighted by Crippen LogP contribution is -2.49. The van der Waals surface area contributed by atoms with Crippen molar-refractivity contribution in [1.29, 1.82) is 0 Å². The molecule has 1 aliphatic rings. The number of hydrogen-bond acceptors (Lipinski definition) is 3. The molecule has 1 saturated heterocycles. The molecule has 0 aromatic carbocycles. The van der Waals surface area contributed by atoms with E-state index in [1.165, 1.54) is 20.0 Å². The van der Waals surface area contributed by atoms with E-state index in [2.05, 4.69) is 5.32 Å². The summed E-state index contributed by atoms with van der Waals surface area (Å²) in [5, 5.41) is 3.37. The maximum atomic E-state index is 11.5. The highest BCUT2D eigenvalue weighted by molar-refractivity contribution is 5.76. The minimum Gasteiger partial charge on any atom is -0.469 e. The van der Waals surface area contributed by atoms with E-state index in [-0.39, 0.29) is 12.0 Å². The summed E-state index contributed by atoms with van der Waals surface area (Å²) in [6.45, 7) is 4.91. The summed E-state index contributed by atoms with van der Waals surface area (Å²) in [4.78, 5) is 11.5. The third-order valence-electron chi connectivity index (χ3n) is 2.89. The van der Waals surface area contributed by atoms with Crippen LogP contribution in [0.25, 0.3) is 0 Å². The van der Waals surface area contributed by atoms with Crippen molar-refractivity contribution in [2.45, 2.75) is 39.2 Å². The topological polar surface area (TPSA) is 38.3 Å².